The minimum Gasteiger partial charge on any atom is -0.476 e. The number of fused-ring (bicyclic) bond motifs is 4. The van der Waals surface area contributed by atoms with Crippen molar-refractivity contribution in [2.45, 2.75) is 26.4 Å². The van der Waals surface area contributed by atoms with Gasteiger partial charge in [-0.05, 0) is 50.7 Å². The number of nitrogens with zero attached hydrogens (tertiary/aromatic N) is 6. The number of hydrogen-bond donors (Lipinski definition) is 1. The van der Waals surface area contributed by atoms with Crippen molar-refractivity contribution in [3.8, 4) is 17.0 Å². The second-order valence-electron chi connectivity index (χ2n) is 8.33. The Bertz CT molecular complexity index is 1290. The highest BCUT2D eigenvalue weighted by molar-refractivity contribution is 5.93. The SMILES string of the molecule is Cc1nn(C)c2c1/C=C/c1n[nH]c3ccc(cc13)-c1cnn(C)c1CN(C)[C@@H](C)CO2. The molecule has 4 heterocycles. The summed E-state index contributed by atoms with van der Waals surface area (Å²) in [6.45, 7) is 5.50. The number of likely N-dealkylation sites (N-methyl/N-ethyl adjacent to an activating group) is 1. The van der Waals surface area contributed by atoms with Crippen LogP contribution in [0.4, 0.5) is 0 Å². The molecule has 0 unspecified atom stereocenters. The predicted molar refractivity (Wildman–Crippen MR) is 122 cm³/mol. The lowest BCUT2D eigenvalue weighted by Crippen LogP contribution is -2.34. The fourth-order valence-electron chi connectivity index (χ4n) is 4.12. The van der Waals surface area contributed by atoms with Crippen molar-refractivity contribution >= 4 is 23.1 Å². The van der Waals surface area contributed by atoms with Crippen LogP contribution in [-0.4, -0.2) is 54.4 Å². The summed E-state index contributed by atoms with van der Waals surface area (Å²) in [6.07, 6.45) is 6.02. The van der Waals surface area contributed by atoms with Gasteiger partial charge in [0.15, 0.2) is 0 Å². The zero-order valence-electron chi connectivity index (χ0n) is 18.5. The molecule has 1 aliphatic rings. The van der Waals surface area contributed by atoms with Gasteiger partial charge in [-0.25, -0.2) is 4.68 Å². The van der Waals surface area contributed by atoms with Crippen LogP contribution in [0.3, 0.4) is 0 Å². The van der Waals surface area contributed by atoms with E-state index in [0.717, 1.165) is 51.4 Å². The summed E-state index contributed by atoms with van der Waals surface area (Å²) in [5.41, 5.74) is 7.24. The van der Waals surface area contributed by atoms with Crippen LogP contribution in [0, 0.1) is 6.92 Å². The summed E-state index contributed by atoms with van der Waals surface area (Å²) in [5.74, 6) is 0.769. The lowest BCUT2D eigenvalue weighted by Gasteiger charge is -2.25. The number of nitrogens with one attached hydrogen (secondary N) is 1. The molecule has 1 N–H and O–H groups in total. The Morgan fingerprint density at radius 1 is 1.13 bits per heavy atom. The molecule has 0 saturated carbocycles. The highest BCUT2D eigenvalue weighted by Gasteiger charge is 2.20. The molecule has 8 heteroatoms. The van der Waals surface area contributed by atoms with Crippen molar-refractivity contribution in [3.05, 3.63) is 47.0 Å². The highest BCUT2D eigenvalue weighted by Crippen LogP contribution is 2.31. The molecule has 1 aromatic carbocycles. The monoisotopic (exact) mass is 417 g/mol. The van der Waals surface area contributed by atoms with Gasteiger partial charge in [-0.1, -0.05) is 6.07 Å². The quantitative estimate of drug-likeness (QED) is 0.475. The number of aromatic amines is 1. The third kappa shape index (κ3) is 3.33. The Balaban J connectivity index is 1.70. The number of hydrogen-bond acceptors (Lipinski definition) is 5. The molecule has 8 nitrogen and oxygen atoms in total. The first-order valence-electron chi connectivity index (χ1n) is 10.5. The molecule has 1 atom stereocenters. The average Bonchev–Trinajstić information content (AvgIpc) is 3.39. The van der Waals surface area contributed by atoms with E-state index in [4.69, 9.17) is 4.74 Å². The summed E-state index contributed by atoms with van der Waals surface area (Å²) in [4.78, 5) is 2.29. The van der Waals surface area contributed by atoms with Crippen molar-refractivity contribution < 1.29 is 4.74 Å². The van der Waals surface area contributed by atoms with Crippen molar-refractivity contribution in [3.63, 3.8) is 0 Å². The van der Waals surface area contributed by atoms with E-state index in [1.807, 2.05) is 44.0 Å². The van der Waals surface area contributed by atoms with Crippen LogP contribution in [0.25, 0.3) is 34.2 Å². The molecule has 3 aromatic heterocycles. The first-order chi connectivity index (χ1) is 14.9. The van der Waals surface area contributed by atoms with Gasteiger partial charge < -0.3 is 4.74 Å². The fourth-order valence-corrected chi connectivity index (χ4v) is 4.12. The molecule has 0 spiro atoms. The van der Waals surface area contributed by atoms with Crippen LogP contribution in [0.2, 0.25) is 0 Å². The second-order valence-corrected chi connectivity index (χ2v) is 8.33. The topological polar surface area (TPSA) is 76.8 Å². The van der Waals surface area contributed by atoms with E-state index in [1.54, 1.807) is 4.68 Å². The Morgan fingerprint density at radius 2 is 1.97 bits per heavy atom. The van der Waals surface area contributed by atoms with E-state index >= 15 is 0 Å². The average molecular weight is 418 g/mol. The predicted octanol–water partition coefficient (Wildman–Crippen LogP) is 3.39. The summed E-state index contributed by atoms with van der Waals surface area (Å²) in [6, 6.07) is 6.61. The van der Waals surface area contributed by atoms with Crippen LogP contribution in [0.5, 0.6) is 5.88 Å². The second kappa shape index (κ2) is 7.39. The standard InChI is InChI=1S/C23H27N7O/c1-14-13-31-23-17(15(2)27-30(23)5)7-9-21-18-10-16(6-8-20(18)25-26-21)19-11-24-29(4)22(19)12-28(14)3/h6-11,14H,12-13H2,1-5H3,(H,25,26)/b9-7+/t14-/m0/s1. The number of aromatic nitrogens is 6. The van der Waals surface area contributed by atoms with E-state index in [2.05, 4.69) is 57.5 Å². The van der Waals surface area contributed by atoms with Gasteiger partial charge in [-0.15, -0.1) is 0 Å². The molecule has 4 aromatic rings. The van der Waals surface area contributed by atoms with E-state index < -0.39 is 0 Å². The minimum atomic E-state index is 0.207. The number of H-pyrrole nitrogens is 1. The van der Waals surface area contributed by atoms with Gasteiger partial charge in [-0.3, -0.25) is 14.7 Å². The summed E-state index contributed by atoms with van der Waals surface area (Å²) < 4.78 is 10.0. The van der Waals surface area contributed by atoms with Gasteiger partial charge in [0.1, 0.15) is 6.61 Å². The van der Waals surface area contributed by atoms with Gasteiger partial charge in [0.2, 0.25) is 5.88 Å². The zero-order chi connectivity index (χ0) is 21.7. The molecule has 5 rings (SSSR count). The van der Waals surface area contributed by atoms with E-state index in [9.17, 15) is 0 Å². The first-order valence-corrected chi connectivity index (χ1v) is 10.5. The molecule has 0 fully saturated rings. The Hall–Kier alpha value is -3.39. The number of ether oxygens (including phenoxy) is 1. The Kier molecular flexibility index (Phi) is 4.66. The molecule has 160 valence electrons. The van der Waals surface area contributed by atoms with Gasteiger partial charge in [0, 0.05) is 37.6 Å². The molecular formula is C23H27N7O. The lowest BCUT2D eigenvalue weighted by molar-refractivity contribution is 0.157. The smallest absolute Gasteiger partial charge is 0.219 e. The lowest BCUT2D eigenvalue weighted by atomic mass is 10.0. The minimum absolute atomic E-state index is 0.207. The van der Waals surface area contributed by atoms with Gasteiger partial charge >= 0.3 is 0 Å². The van der Waals surface area contributed by atoms with Crippen molar-refractivity contribution in [1.82, 2.24) is 34.7 Å². The van der Waals surface area contributed by atoms with Crippen LogP contribution in [-0.2, 0) is 20.6 Å². The van der Waals surface area contributed by atoms with Gasteiger partial charge in [-0.2, -0.15) is 15.3 Å². The summed E-state index contributed by atoms with van der Waals surface area (Å²) in [7, 11) is 6.03. The largest absolute Gasteiger partial charge is 0.476 e. The maximum Gasteiger partial charge on any atom is 0.219 e. The molecule has 0 amide bonds. The summed E-state index contributed by atoms with van der Waals surface area (Å²) in [5, 5.41) is 17.8. The van der Waals surface area contributed by atoms with E-state index in [0.29, 0.717) is 6.61 Å². The van der Waals surface area contributed by atoms with Crippen LogP contribution < -0.4 is 4.74 Å². The highest BCUT2D eigenvalue weighted by atomic mass is 16.5. The van der Waals surface area contributed by atoms with Crippen LogP contribution >= 0.6 is 0 Å². The number of rotatable bonds is 0. The first kappa shape index (κ1) is 19.6. The van der Waals surface area contributed by atoms with E-state index in [1.165, 1.54) is 5.69 Å². The molecule has 0 saturated heterocycles. The zero-order valence-corrected chi connectivity index (χ0v) is 18.5. The summed E-state index contributed by atoms with van der Waals surface area (Å²) >= 11 is 0. The normalized spacial score (nSPS) is 18.3. The van der Waals surface area contributed by atoms with Crippen molar-refractivity contribution in [2.75, 3.05) is 13.7 Å². The number of benzene rings is 1. The Morgan fingerprint density at radius 3 is 2.81 bits per heavy atom. The molecule has 1 aliphatic heterocycles. The maximum atomic E-state index is 6.26. The number of aryl methyl sites for hydroxylation is 3. The molecular weight excluding hydrogens is 390 g/mol. The van der Waals surface area contributed by atoms with Gasteiger partial charge in [0.05, 0.1) is 34.4 Å². The fraction of sp³-hybridized carbons (Fsp3) is 0.348. The third-order valence-electron chi connectivity index (χ3n) is 6.20. The molecule has 31 heavy (non-hydrogen) atoms. The van der Waals surface area contributed by atoms with Gasteiger partial charge in [0.25, 0.3) is 0 Å². The molecule has 2 bridgehead atoms. The Labute approximate surface area is 181 Å². The molecule has 0 aliphatic carbocycles. The molecule has 0 radical (unpaired) electrons. The van der Waals surface area contributed by atoms with E-state index in [-0.39, 0.29) is 6.04 Å². The maximum absolute atomic E-state index is 6.26. The van der Waals surface area contributed by atoms with Crippen LogP contribution in [0.15, 0.2) is 24.4 Å². The third-order valence-corrected chi connectivity index (χ3v) is 6.20. The van der Waals surface area contributed by atoms with Crippen molar-refractivity contribution in [1.29, 1.82) is 0 Å². The van der Waals surface area contributed by atoms with Crippen LogP contribution in [0.1, 0.15) is 29.6 Å². The van der Waals surface area contributed by atoms with Crippen molar-refractivity contribution in [2.24, 2.45) is 14.1 Å².